The molecule has 170 valence electrons. The molecule has 0 saturated carbocycles. The van der Waals surface area contributed by atoms with Crippen molar-refractivity contribution >= 4 is 17.1 Å². The van der Waals surface area contributed by atoms with Crippen molar-refractivity contribution < 1.29 is 4.79 Å². The van der Waals surface area contributed by atoms with E-state index in [9.17, 15) is 4.79 Å². The van der Waals surface area contributed by atoms with Gasteiger partial charge in [-0.1, -0.05) is 43.7 Å². The standard InChI is InChI=1S/C25H24N8O/c1-15(2)24-30-31-32-33(24)20-12-18(17-8-6-16(3)7-9-17)11-19(13-20)25(34)27-14-22-28-21-5-4-10-26-23(21)29-22/h4-13,15H,14H2,1-3H3,(H,27,34)(H,26,28,29). The number of carbonyl (C=O) groups is 1. The van der Waals surface area contributed by atoms with E-state index in [4.69, 9.17) is 0 Å². The summed E-state index contributed by atoms with van der Waals surface area (Å²) >= 11 is 0. The van der Waals surface area contributed by atoms with Gasteiger partial charge in [0.1, 0.15) is 5.82 Å². The lowest BCUT2D eigenvalue weighted by Gasteiger charge is -2.12. The lowest BCUT2D eigenvalue weighted by molar-refractivity contribution is 0.0950. The molecule has 2 N–H and O–H groups in total. The van der Waals surface area contributed by atoms with Crippen molar-refractivity contribution in [3.8, 4) is 16.8 Å². The Labute approximate surface area is 196 Å². The maximum Gasteiger partial charge on any atom is 0.251 e. The summed E-state index contributed by atoms with van der Waals surface area (Å²) in [6, 6.07) is 17.6. The molecule has 0 saturated heterocycles. The molecule has 1 amide bonds. The number of aromatic amines is 1. The zero-order valence-electron chi connectivity index (χ0n) is 19.1. The van der Waals surface area contributed by atoms with Crippen LogP contribution in [0.1, 0.15) is 47.3 Å². The SMILES string of the molecule is Cc1ccc(-c2cc(C(=O)NCc3nc4ncccc4[nH]3)cc(-n3nnnc3C(C)C)c2)cc1. The first-order valence-electron chi connectivity index (χ1n) is 11.1. The molecule has 0 aliphatic heterocycles. The Morgan fingerprint density at radius 3 is 2.68 bits per heavy atom. The van der Waals surface area contributed by atoms with Crippen LogP contribution in [0.5, 0.6) is 0 Å². The molecule has 3 heterocycles. The fraction of sp³-hybridized carbons (Fsp3) is 0.200. The highest BCUT2D eigenvalue weighted by atomic mass is 16.1. The van der Waals surface area contributed by atoms with Gasteiger partial charge < -0.3 is 10.3 Å². The zero-order valence-corrected chi connectivity index (χ0v) is 19.1. The molecule has 0 unspecified atom stereocenters. The Morgan fingerprint density at radius 2 is 1.91 bits per heavy atom. The van der Waals surface area contributed by atoms with E-state index in [2.05, 4.69) is 35.8 Å². The van der Waals surface area contributed by atoms with Gasteiger partial charge in [-0.15, -0.1) is 5.10 Å². The minimum Gasteiger partial charge on any atom is -0.345 e. The summed E-state index contributed by atoms with van der Waals surface area (Å²) in [5.41, 5.74) is 5.76. The number of aryl methyl sites for hydroxylation is 1. The molecular weight excluding hydrogens is 428 g/mol. The third-order valence-electron chi connectivity index (χ3n) is 5.54. The van der Waals surface area contributed by atoms with Crippen molar-refractivity contribution in [2.45, 2.75) is 33.2 Å². The summed E-state index contributed by atoms with van der Waals surface area (Å²) in [5, 5.41) is 15.1. The van der Waals surface area contributed by atoms with Crippen molar-refractivity contribution in [1.29, 1.82) is 0 Å². The maximum atomic E-state index is 13.2. The summed E-state index contributed by atoms with van der Waals surface area (Å²) in [7, 11) is 0. The predicted molar refractivity (Wildman–Crippen MR) is 128 cm³/mol. The van der Waals surface area contributed by atoms with Gasteiger partial charge in [-0.25, -0.2) is 9.97 Å². The van der Waals surface area contributed by atoms with E-state index < -0.39 is 0 Å². The number of hydrogen-bond acceptors (Lipinski definition) is 6. The molecule has 9 heteroatoms. The number of pyridine rings is 1. The van der Waals surface area contributed by atoms with Crippen molar-refractivity contribution in [2.24, 2.45) is 0 Å². The van der Waals surface area contributed by atoms with E-state index in [1.54, 1.807) is 16.9 Å². The van der Waals surface area contributed by atoms with Crippen LogP contribution in [0.25, 0.3) is 28.0 Å². The zero-order chi connectivity index (χ0) is 23.7. The number of amides is 1. The largest absolute Gasteiger partial charge is 0.345 e. The number of carbonyl (C=O) groups excluding carboxylic acids is 1. The summed E-state index contributed by atoms with van der Waals surface area (Å²) in [5.74, 6) is 1.27. The fourth-order valence-electron chi connectivity index (χ4n) is 3.76. The van der Waals surface area contributed by atoms with Crippen LogP contribution in [-0.4, -0.2) is 41.1 Å². The van der Waals surface area contributed by atoms with Gasteiger partial charge in [-0.3, -0.25) is 4.79 Å². The van der Waals surface area contributed by atoms with Crippen LogP contribution in [0.4, 0.5) is 0 Å². The van der Waals surface area contributed by atoms with Gasteiger partial charge in [0.05, 0.1) is 17.7 Å². The van der Waals surface area contributed by atoms with E-state index in [1.807, 2.05) is 69.3 Å². The summed E-state index contributed by atoms with van der Waals surface area (Å²) in [6.07, 6.45) is 1.69. The average molecular weight is 453 g/mol. The van der Waals surface area contributed by atoms with Crippen molar-refractivity contribution in [3.63, 3.8) is 0 Å². The highest BCUT2D eigenvalue weighted by Crippen LogP contribution is 2.26. The van der Waals surface area contributed by atoms with Crippen LogP contribution in [-0.2, 0) is 6.54 Å². The Balaban J connectivity index is 1.49. The average Bonchev–Trinajstić information content (AvgIpc) is 3.50. The maximum absolute atomic E-state index is 13.2. The topological polar surface area (TPSA) is 114 Å². The van der Waals surface area contributed by atoms with Gasteiger partial charge in [-0.2, -0.15) is 4.68 Å². The Hall–Kier alpha value is -4.40. The Morgan fingerprint density at radius 1 is 1.09 bits per heavy atom. The molecule has 0 spiro atoms. The van der Waals surface area contributed by atoms with Crippen molar-refractivity contribution in [1.82, 2.24) is 40.5 Å². The summed E-state index contributed by atoms with van der Waals surface area (Å²) in [6.45, 7) is 6.35. The highest BCUT2D eigenvalue weighted by Gasteiger charge is 2.16. The lowest BCUT2D eigenvalue weighted by atomic mass is 10.0. The van der Waals surface area contributed by atoms with Gasteiger partial charge in [0, 0.05) is 17.7 Å². The van der Waals surface area contributed by atoms with E-state index in [1.165, 1.54) is 5.56 Å². The second-order valence-corrected chi connectivity index (χ2v) is 8.48. The monoisotopic (exact) mass is 452 g/mol. The number of aromatic nitrogens is 7. The first kappa shape index (κ1) is 21.4. The molecule has 34 heavy (non-hydrogen) atoms. The van der Waals surface area contributed by atoms with Crippen LogP contribution in [0.15, 0.2) is 60.8 Å². The van der Waals surface area contributed by atoms with E-state index in [0.29, 0.717) is 17.0 Å². The summed E-state index contributed by atoms with van der Waals surface area (Å²) in [4.78, 5) is 25.0. The molecular formula is C25H24N8O. The minimum atomic E-state index is -0.220. The highest BCUT2D eigenvalue weighted by molar-refractivity contribution is 5.96. The molecule has 2 aromatic carbocycles. The number of rotatable bonds is 6. The Kier molecular flexibility index (Phi) is 5.59. The van der Waals surface area contributed by atoms with Crippen LogP contribution >= 0.6 is 0 Å². The van der Waals surface area contributed by atoms with E-state index in [-0.39, 0.29) is 18.4 Å². The van der Waals surface area contributed by atoms with Gasteiger partial charge in [0.25, 0.3) is 5.91 Å². The van der Waals surface area contributed by atoms with Crippen molar-refractivity contribution in [3.05, 3.63) is 83.6 Å². The van der Waals surface area contributed by atoms with Gasteiger partial charge >= 0.3 is 0 Å². The number of hydrogen-bond donors (Lipinski definition) is 2. The number of tetrazole rings is 1. The second-order valence-electron chi connectivity index (χ2n) is 8.48. The molecule has 3 aromatic heterocycles. The van der Waals surface area contributed by atoms with E-state index >= 15 is 0 Å². The molecule has 0 radical (unpaired) electrons. The number of fused-ring (bicyclic) bond motifs is 1. The van der Waals surface area contributed by atoms with E-state index in [0.717, 1.165) is 28.2 Å². The first-order valence-corrected chi connectivity index (χ1v) is 11.1. The number of nitrogens with zero attached hydrogens (tertiary/aromatic N) is 6. The predicted octanol–water partition coefficient (Wildman–Crippen LogP) is 3.96. The molecule has 0 aliphatic carbocycles. The Bertz CT molecular complexity index is 1430. The van der Waals surface area contributed by atoms with Gasteiger partial charge in [0.15, 0.2) is 11.5 Å². The molecule has 0 aliphatic rings. The number of imidazole rings is 1. The lowest BCUT2D eigenvalue weighted by Crippen LogP contribution is -2.23. The quantitative estimate of drug-likeness (QED) is 0.403. The molecule has 0 atom stereocenters. The third kappa shape index (κ3) is 4.27. The molecule has 5 aromatic rings. The smallest absolute Gasteiger partial charge is 0.251 e. The molecule has 0 fully saturated rings. The molecule has 5 rings (SSSR count). The van der Waals surface area contributed by atoms with Crippen LogP contribution in [0, 0.1) is 6.92 Å². The molecule has 9 nitrogen and oxygen atoms in total. The van der Waals surface area contributed by atoms with Gasteiger partial charge in [-0.05, 0) is 58.8 Å². The number of benzene rings is 2. The molecule has 0 bridgehead atoms. The minimum absolute atomic E-state index is 0.122. The second kappa shape index (κ2) is 8.86. The normalized spacial score (nSPS) is 11.3. The van der Waals surface area contributed by atoms with Crippen LogP contribution < -0.4 is 5.32 Å². The number of nitrogens with one attached hydrogen (secondary N) is 2. The third-order valence-corrected chi connectivity index (χ3v) is 5.54. The summed E-state index contributed by atoms with van der Waals surface area (Å²) < 4.78 is 1.68. The van der Waals surface area contributed by atoms with Crippen LogP contribution in [0.3, 0.4) is 0 Å². The first-order chi connectivity index (χ1) is 16.5. The fourth-order valence-corrected chi connectivity index (χ4v) is 3.76. The van der Waals surface area contributed by atoms with Crippen LogP contribution in [0.2, 0.25) is 0 Å². The van der Waals surface area contributed by atoms with Crippen molar-refractivity contribution in [2.75, 3.05) is 0 Å². The number of H-pyrrole nitrogens is 1. The van der Waals surface area contributed by atoms with Gasteiger partial charge in [0.2, 0.25) is 0 Å².